The number of carbonyl (C=O) groups is 3. The molecule has 0 radical (unpaired) electrons. The Morgan fingerprint density at radius 3 is 2.75 bits per heavy atom. The van der Waals surface area contributed by atoms with Gasteiger partial charge in [0.05, 0.1) is 42.0 Å². The lowest BCUT2D eigenvalue weighted by atomic mass is 9.95. The molecule has 1 saturated heterocycles. The molecule has 11 nitrogen and oxygen atoms in total. The van der Waals surface area contributed by atoms with E-state index in [1.54, 1.807) is 17.0 Å². The fourth-order valence-electron chi connectivity index (χ4n) is 4.14. The Labute approximate surface area is 184 Å². The predicted octanol–water partition coefficient (Wildman–Crippen LogP) is 0.802. The predicted molar refractivity (Wildman–Crippen MR) is 112 cm³/mol. The number of urea groups is 1. The minimum absolute atomic E-state index is 0.0942. The Balaban J connectivity index is 1.64. The molecular formula is C21H23N5O6. The van der Waals surface area contributed by atoms with Gasteiger partial charge in [-0.15, -0.1) is 6.58 Å². The summed E-state index contributed by atoms with van der Waals surface area (Å²) >= 11 is 0. The van der Waals surface area contributed by atoms with Crippen molar-refractivity contribution in [1.29, 1.82) is 0 Å². The maximum Gasteiger partial charge on any atom is 0.322 e. The van der Waals surface area contributed by atoms with Gasteiger partial charge in [-0.1, -0.05) is 18.2 Å². The number of nitrogens with one attached hydrogen (secondary N) is 1. The average molecular weight is 441 g/mol. The molecule has 3 aliphatic rings. The summed E-state index contributed by atoms with van der Waals surface area (Å²) in [7, 11) is 0. The van der Waals surface area contributed by atoms with Crippen molar-refractivity contribution < 1.29 is 24.0 Å². The molecule has 168 valence electrons. The van der Waals surface area contributed by atoms with E-state index in [2.05, 4.69) is 11.9 Å². The maximum absolute atomic E-state index is 13.4. The zero-order chi connectivity index (χ0) is 22.8. The highest BCUT2D eigenvalue weighted by Gasteiger charge is 2.44. The summed E-state index contributed by atoms with van der Waals surface area (Å²) in [5.74, 6) is -0.574. The van der Waals surface area contributed by atoms with Crippen molar-refractivity contribution in [3.05, 3.63) is 63.9 Å². The number of morpholine rings is 1. The van der Waals surface area contributed by atoms with Crippen LogP contribution in [0.1, 0.15) is 11.6 Å². The number of amides is 4. The molecule has 1 fully saturated rings. The highest BCUT2D eigenvalue weighted by molar-refractivity contribution is 6.03. The zero-order valence-electron chi connectivity index (χ0n) is 17.4. The molecular weight excluding hydrogens is 418 g/mol. The molecule has 4 rings (SSSR count). The van der Waals surface area contributed by atoms with Crippen molar-refractivity contribution in [3.8, 4) is 0 Å². The summed E-state index contributed by atoms with van der Waals surface area (Å²) < 4.78 is 5.27. The van der Waals surface area contributed by atoms with Crippen LogP contribution in [0.15, 0.2) is 48.2 Å². The van der Waals surface area contributed by atoms with Crippen LogP contribution in [-0.2, 0) is 14.3 Å². The number of ether oxygens (including phenoxy) is 1. The van der Waals surface area contributed by atoms with Gasteiger partial charge in [0.2, 0.25) is 5.91 Å². The highest BCUT2D eigenvalue weighted by atomic mass is 16.6. The average Bonchev–Trinajstić information content (AvgIpc) is 3.12. The molecule has 1 N–H and O–H groups in total. The number of rotatable bonds is 6. The molecule has 3 aliphatic heterocycles. The number of hydrogen-bond donors (Lipinski definition) is 1. The van der Waals surface area contributed by atoms with E-state index in [9.17, 15) is 24.5 Å². The van der Waals surface area contributed by atoms with Gasteiger partial charge >= 0.3 is 6.03 Å². The first kappa shape index (κ1) is 21.5. The van der Waals surface area contributed by atoms with Crippen molar-refractivity contribution >= 4 is 23.5 Å². The number of non-ortho nitro benzene ring substituents is 1. The lowest BCUT2D eigenvalue weighted by Gasteiger charge is -2.32. The van der Waals surface area contributed by atoms with E-state index >= 15 is 0 Å². The second-order valence-corrected chi connectivity index (χ2v) is 7.65. The normalized spacial score (nSPS) is 20.9. The molecule has 4 amide bonds. The third-order valence-electron chi connectivity index (χ3n) is 5.71. The minimum Gasteiger partial charge on any atom is -0.378 e. The van der Waals surface area contributed by atoms with Gasteiger partial charge in [0.15, 0.2) is 0 Å². The third-order valence-corrected chi connectivity index (χ3v) is 5.71. The molecule has 0 aliphatic carbocycles. The molecule has 0 saturated carbocycles. The zero-order valence-corrected chi connectivity index (χ0v) is 17.4. The molecule has 1 atom stereocenters. The van der Waals surface area contributed by atoms with Crippen LogP contribution in [0.25, 0.3) is 0 Å². The van der Waals surface area contributed by atoms with Crippen LogP contribution < -0.4 is 5.32 Å². The van der Waals surface area contributed by atoms with E-state index in [0.29, 0.717) is 43.1 Å². The van der Waals surface area contributed by atoms with Crippen molar-refractivity contribution in [2.45, 2.75) is 6.04 Å². The van der Waals surface area contributed by atoms with Crippen LogP contribution >= 0.6 is 0 Å². The maximum atomic E-state index is 13.4. The van der Waals surface area contributed by atoms with Crippen molar-refractivity contribution in [3.63, 3.8) is 0 Å². The van der Waals surface area contributed by atoms with Gasteiger partial charge < -0.3 is 19.9 Å². The number of hydrogen-bond acceptors (Lipinski definition) is 6. The lowest BCUT2D eigenvalue weighted by Crippen LogP contribution is -2.47. The first-order valence-electron chi connectivity index (χ1n) is 10.2. The summed E-state index contributed by atoms with van der Waals surface area (Å²) in [6.07, 6.45) is 1.55. The molecule has 0 spiro atoms. The van der Waals surface area contributed by atoms with Gasteiger partial charge in [-0.05, 0) is 5.56 Å². The molecule has 0 bridgehead atoms. The minimum atomic E-state index is -0.852. The van der Waals surface area contributed by atoms with Gasteiger partial charge in [0.1, 0.15) is 6.54 Å². The fraction of sp³-hybridized carbons (Fsp3) is 0.381. The largest absolute Gasteiger partial charge is 0.378 e. The van der Waals surface area contributed by atoms with Crippen LogP contribution in [0.2, 0.25) is 0 Å². The SMILES string of the molecule is C=CCN1C(=O)NC(c2cccc([N+](=O)[O-])c2)C2=C1CN(CC(=O)N1CCOCC1)C2=O. The highest BCUT2D eigenvalue weighted by Crippen LogP contribution is 2.37. The number of nitrogens with zero attached hydrogens (tertiary/aromatic N) is 4. The van der Waals surface area contributed by atoms with Crippen LogP contribution in [0.5, 0.6) is 0 Å². The van der Waals surface area contributed by atoms with Crippen LogP contribution in [0.4, 0.5) is 10.5 Å². The van der Waals surface area contributed by atoms with Crippen LogP contribution in [0, 0.1) is 10.1 Å². The first-order chi connectivity index (χ1) is 15.4. The molecule has 1 aromatic carbocycles. The topological polar surface area (TPSA) is 125 Å². The number of benzene rings is 1. The standard InChI is InChI=1S/C21H23N5O6/c1-2-6-25-16-12-24(13-17(27)23-7-9-32-10-8-23)20(28)18(16)19(22-21(25)29)14-4-3-5-15(11-14)26(30)31/h2-5,11,19H,1,6-10,12-13H2,(H,22,29). The Morgan fingerprint density at radius 2 is 2.06 bits per heavy atom. The van der Waals surface area contributed by atoms with E-state index in [4.69, 9.17) is 4.74 Å². The molecule has 11 heteroatoms. The lowest BCUT2D eigenvalue weighted by molar-refractivity contribution is -0.384. The van der Waals surface area contributed by atoms with Crippen molar-refractivity contribution in [1.82, 2.24) is 20.0 Å². The molecule has 1 unspecified atom stereocenters. The van der Waals surface area contributed by atoms with E-state index in [0.717, 1.165) is 0 Å². The summed E-state index contributed by atoms with van der Waals surface area (Å²) in [6.45, 7) is 5.66. The summed E-state index contributed by atoms with van der Waals surface area (Å²) in [5.41, 5.74) is 1.07. The molecule has 3 heterocycles. The van der Waals surface area contributed by atoms with Gasteiger partial charge in [-0.25, -0.2) is 4.79 Å². The Hall–Kier alpha value is -3.73. The number of nitro groups is 1. The van der Waals surface area contributed by atoms with Gasteiger partial charge in [-0.3, -0.25) is 24.6 Å². The van der Waals surface area contributed by atoms with E-state index in [1.807, 2.05) is 0 Å². The first-order valence-corrected chi connectivity index (χ1v) is 10.2. The van der Waals surface area contributed by atoms with Crippen molar-refractivity contribution in [2.75, 3.05) is 45.9 Å². The second kappa shape index (κ2) is 8.79. The van der Waals surface area contributed by atoms with Crippen molar-refractivity contribution in [2.24, 2.45) is 0 Å². The molecule has 32 heavy (non-hydrogen) atoms. The molecule has 1 aromatic rings. The van der Waals surface area contributed by atoms with Crippen LogP contribution in [-0.4, -0.2) is 83.4 Å². The number of nitro benzene ring substituents is 1. The Morgan fingerprint density at radius 1 is 1.31 bits per heavy atom. The Kier molecular flexibility index (Phi) is 5.91. The molecule has 0 aromatic heterocycles. The summed E-state index contributed by atoms with van der Waals surface area (Å²) in [4.78, 5) is 54.0. The van der Waals surface area contributed by atoms with E-state index in [-0.39, 0.29) is 37.1 Å². The van der Waals surface area contributed by atoms with Gasteiger partial charge in [-0.2, -0.15) is 0 Å². The van der Waals surface area contributed by atoms with Gasteiger partial charge in [0.25, 0.3) is 11.6 Å². The Bertz CT molecular complexity index is 1020. The third kappa shape index (κ3) is 3.94. The monoisotopic (exact) mass is 441 g/mol. The summed E-state index contributed by atoms with van der Waals surface area (Å²) in [6, 6.07) is 4.53. The summed E-state index contributed by atoms with van der Waals surface area (Å²) in [5, 5.41) is 14.0. The smallest absolute Gasteiger partial charge is 0.322 e. The van der Waals surface area contributed by atoms with Gasteiger partial charge in [0, 0.05) is 31.8 Å². The fourth-order valence-corrected chi connectivity index (χ4v) is 4.14. The van der Waals surface area contributed by atoms with Crippen LogP contribution in [0.3, 0.4) is 0 Å². The van der Waals surface area contributed by atoms with E-state index in [1.165, 1.54) is 28.0 Å². The quantitative estimate of drug-likeness (QED) is 0.396. The second-order valence-electron chi connectivity index (χ2n) is 7.65. The number of carbonyl (C=O) groups excluding carboxylic acids is 3. The van der Waals surface area contributed by atoms with E-state index < -0.39 is 17.0 Å².